The lowest BCUT2D eigenvalue weighted by atomic mass is 9.80. The van der Waals surface area contributed by atoms with Crippen molar-refractivity contribution in [3.05, 3.63) is 230 Å². The highest BCUT2D eigenvalue weighted by Crippen LogP contribution is 2.54. The smallest absolute Gasteiger partial charge is 0.145 e. The van der Waals surface area contributed by atoms with E-state index < -0.39 is 0 Å². The van der Waals surface area contributed by atoms with E-state index in [2.05, 4.69) is 247 Å². The Morgan fingerprint density at radius 2 is 0.917 bits per heavy atom. The van der Waals surface area contributed by atoms with Crippen LogP contribution in [0.15, 0.2) is 218 Å². The van der Waals surface area contributed by atoms with Crippen LogP contribution >= 0.6 is 0 Å². The van der Waals surface area contributed by atoms with Crippen LogP contribution in [0.1, 0.15) is 25.0 Å². The van der Waals surface area contributed by atoms with Crippen LogP contribution in [0.2, 0.25) is 0 Å². The van der Waals surface area contributed by atoms with Gasteiger partial charge in [-0.05, 0) is 113 Å². The van der Waals surface area contributed by atoms with Gasteiger partial charge in [0, 0.05) is 56.2 Å². The quantitative estimate of drug-likeness (QED) is 0.154. The van der Waals surface area contributed by atoms with E-state index in [1.54, 1.807) is 0 Å². The largest absolute Gasteiger partial charge is 0.310 e. The van der Waals surface area contributed by atoms with Gasteiger partial charge in [-0.25, -0.2) is 4.98 Å². The number of benzene rings is 9. The fourth-order valence-electron chi connectivity index (χ4n) is 9.45. The molecule has 0 fully saturated rings. The van der Waals surface area contributed by atoms with E-state index in [9.17, 15) is 0 Å². The summed E-state index contributed by atoms with van der Waals surface area (Å²) in [6, 6.07) is 78.2. The zero-order valence-corrected chi connectivity index (χ0v) is 33.6. The third kappa shape index (κ3) is 5.79. The summed E-state index contributed by atoms with van der Waals surface area (Å²) in [4.78, 5) is 9.98. The minimum Gasteiger partial charge on any atom is -0.310 e. The summed E-state index contributed by atoms with van der Waals surface area (Å²) in [5.74, 6) is 0.942. The van der Waals surface area contributed by atoms with Gasteiger partial charge in [0.2, 0.25) is 0 Å². The van der Waals surface area contributed by atoms with Gasteiger partial charge in [0.1, 0.15) is 5.82 Å². The Morgan fingerprint density at radius 1 is 0.417 bits per heavy atom. The second-order valence-corrected chi connectivity index (χ2v) is 16.0. The molecule has 0 unspecified atom stereocenters. The molecule has 10 aromatic rings. The van der Waals surface area contributed by atoms with E-state index >= 15 is 0 Å². The maximum Gasteiger partial charge on any atom is 0.145 e. The molecule has 1 aliphatic carbocycles. The Morgan fingerprint density at radius 3 is 1.52 bits per heavy atom. The molecule has 0 radical (unpaired) electrons. The third-order valence-corrected chi connectivity index (χ3v) is 12.1. The minimum absolute atomic E-state index is 0.237. The van der Waals surface area contributed by atoms with Crippen molar-refractivity contribution in [2.24, 2.45) is 0 Å². The van der Waals surface area contributed by atoms with Crippen LogP contribution in [0, 0.1) is 0 Å². The molecular weight excluding hydrogens is 729 g/mol. The van der Waals surface area contributed by atoms with Gasteiger partial charge >= 0.3 is 0 Å². The number of imidazole rings is 1. The van der Waals surface area contributed by atoms with Crippen LogP contribution in [0.3, 0.4) is 0 Å². The van der Waals surface area contributed by atoms with E-state index in [-0.39, 0.29) is 5.41 Å². The van der Waals surface area contributed by atoms with Gasteiger partial charge < -0.3 is 9.80 Å². The predicted octanol–water partition coefficient (Wildman–Crippen LogP) is 15.1. The van der Waals surface area contributed by atoms with Crippen molar-refractivity contribution in [3.8, 4) is 28.2 Å². The molecule has 0 aliphatic heterocycles. The Hall–Kier alpha value is -7.69. The van der Waals surface area contributed by atoms with Crippen molar-refractivity contribution in [1.82, 2.24) is 9.55 Å². The number of fused-ring (bicyclic) bond motifs is 7. The zero-order chi connectivity index (χ0) is 40.2. The van der Waals surface area contributed by atoms with Crippen molar-refractivity contribution in [2.75, 3.05) is 9.80 Å². The number of aromatic nitrogens is 2. The molecule has 0 atom stereocenters. The van der Waals surface area contributed by atoms with E-state index in [1.165, 1.54) is 33.0 Å². The molecule has 0 amide bonds. The average Bonchev–Trinajstić information content (AvgIpc) is 3.81. The molecule has 0 saturated carbocycles. The maximum absolute atomic E-state index is 5.27. The van der Waals surface area contributed by atoms with Crippen molar-refractivity contribution < 1.29 is 0 Å². The molecule has 0 bridgehead atoms. The highest BCUT2D eigenvalue weighted by molar-refractivity contribution is 6.11. The summed E-state index contributed by atoms with van der Waals surface area (Å²) in [7, 11) is 0. The molecule has 4 nitrogen and oxygen atoms in total. The lowest BCUT2D eigenvalue weighted by Crippen LogP contribution is -2.16. The summed E-state index contributed by atoms with van der Waals surface area (Å²) < 4.78 is 2.34. The first-order valence-electron chi connectivity index (χ1n) is 20.6. The van der Waals surface area contributed by atoms with Crippen LogP contribution in [-0.4, -0.2) is 9.55 Å². The predicted molar refractivity (Wildman–Crippen MR) is 251 cm³/mol. The number of rotatable bonds is 8. The molecule has 1 aliphatic rings. The van der Waals surface area contributed by atoms with Gasteiger partial charge in [-0.1, -0.05) is 147 Å². The lowest BCUT2D eigenvalue weighted by Gasteiger charge is -2.30. The average molecular weight is 771 g/mol. The molecule has 9 aromatic carbocycles. The highest BCUT2D eigenvalue weighted by atomic mass is 15.2. The summed E-state index contributed by atoms with van der Waals surface area (Å²) in [5, 5.41) is 2.46. The summed E-state index contributed by atoms with van der Waals surface area (Å²) in [5.41, 5.74) is 15.9. The fraction of sp³-hybridized carbons (Fsp3) is 0.0536. The molecule has 0 spiro atoms. The molecule has 0 saturated heterocycles. The van der Waals surface area contributed by atoms with Crippen LogP contribution in [0.5, 0.6) is 0 Å². The summed E-state index contributed by atoms with van der Waals surface area (Å²) >= 11 is 0. The van der Waals surface area contributed by atoms with Gasteiger partial charge in [-0.3, -0.25) is 4.57 Å². The molecule has 60 heavy (non-hydrogen) atoms. The first-order valence-corrected chi connectivity index (χ1v) is 20.6. The maximum atomic E-state index is 5.27. The second kappa shape index (κ2) is 14.3. The van der Waals surface area contributed by atoms with Crippen LogP contribution in [0.25, 0.3) is 50.0 Å². The molecule has 11 rings (SSSR count). The molecule has 0 N–H and O–H groups in total. The first kappa shape index (κ1) is 35.5. The third-order valence-electron chi connectivity index (χ3n) is 12.1. The van der Waals surface area contributed by atoms with Gasteiger partial charge in [0.15, 0.2) is 0 Å². The number of para-hydroxylation sites is 4. The van der Waals surface area contributed by atoms with Crippen molar-refractivity contribution in [2.45, 2.75) is 19.3 Å². The molecular formula is C56H42N4. The monoisotopic (exact) mass is 770 g/mol. The highest BCUT2D eigenvalue weighted by Gasteiger charge is 2.38. The van der Waals surface area contributed by atoms with Gasteiger partial charge in [0.05, 0.1) is 11.0 Å². The number of hydrogen-bond acceptors (Lipinski definition) is 3. The van der Waals surface area contributed by atoms with Gasteiger partial charge in [-0.2, -0.15) is 0 Å². The lowest BCUT2D eigenvalue weighted by molar-refractivity contribution is 0.666. The molecule has 4 heteroatoms. The van der Waals surface area contributed by atoms with Crippen LogP contribution < -0.4 is 9.80 Å². The Kier molecular flexibility index (Phi) is 8.45. The van der Waals surface area contributed by atoms with Crippen LogP contribution in [-0.2, 0) is 5.41 Å². The van der Waals surface area contributed by atoms with E-state index in [1.807, 2.05) is 0 Å². The molecule has 1 heterocycles. The van der Waals surface area contributed by atoms with Crippen LogP contribution in [0.4, 0.5) is 34.1 Å². The molecule has 1 aromatic heterocycles. The normalized spacial score (nSPS) is 12.6. The second-order valence-electron chi connectivity index (χ2n) is 16.0. The summed E-state index contributed by atoms with van der Waals surface area (Å²) in [6.45, 7) is 4.76. The number of hydrogen-bond donors (Lipinski definition) is 0. The van der Waals surface area contributed by atoms with E-state index in [4.69, 9.17) is 4.98 Å². The fourth-order valence-corrected chi connectivity index (χ4v) is 9.45. The zero-order valence-electron chi connectivity index (χ0n) is 33.6. The van der Waals surface area contributed by atoms with Crippen molar-refractivity contribution in [1.29, 1.82) is 0 Å². The van der Waals surface area contributed by atoms with E-state index in [0.717, 1.165) is 62.2 Å². The summed E-state index contributed by atoms with van der Waals surface area (Å²) in [6.07, 6.45) is 0. The van der Waals surface area contributed by atoms with E-state index in [0.29, 0.717) is 0 Å². The van der Waals surface area contributed by atoms with Gasteiger partial charge in [0.25, 0.3) is 0 Å². The number of nitrogens with zero attached hydrogens (tertiary/aromatic N) is 4. The Balaban J connectivity index is 1.08. The van der Waals surface area contributed by atoms with Crippen molar-refractivity contribution in [3.63, 3.8) is 0 Å². The molecule has 286 valence electrons. The SMILES string of the molecule is CC1(C)c2ccc(N(c3ccccc3)c3cccc(N(c4ccccc4)c4ccccc4)c3)cc2-c2ccc3c(ccc4nc(-c5ccccc5)n(-c5ccccc5)c43)c21. The topological polar surface area (TPSA) is 24.3 Å². The first-order chi connectivity index (χ1) is 29.5. The van der Waals surface area contributed by atoms with Crippen molar-refractivity contribution >= 4 is 55.9 Å². The Bertz CT molecular complexity index is 3120. The Labute approximate surface area is 350 Å². The number of anilines is 6. The van der Waals surface area contributed by atoms with Gasteiger partial charge in [-0.15, -0.1) is 0 Å². The standard InChI is InChI=1S/C56H42N4/c1-56(2)51-35-31-46(59(42-25-14-6-15-26-42)45-30-18-29-44(37-45)58(40-21-10-4-11-22-40)41-23-12-5-13-24-41)38-50(51)48-32-33-49-47(53(48)56)34-36-52-54(49)60(43-27-16-7-17-28-43)55(57-52)39-19-8-3-9-20-39/h3-38H,1-2H3. The minimum atomic E-state index is -0.237.